The van der Waals surface area contributed by atoms with Crippen LogP contribution in [0.15, 0.2) is 23.7 Å². The third kappa shape index (κ3) is 2.96. The van der Waals surface area contributed by atoms with E-state index in [0.717, 1.165) is 24.4 Å². The quantitative estimate of drug-likeness (QED) is 0.856. The molecule has 0 bridgehead atoms. The first-order chi connectivity index (χ1) is 8.20. The Hall–Kier alpha value is -1.13. The van der Waals surface area contributed by atoms with Gasteiger partial charge in [-0.05, 0) is 30.5 Å². The number of hydrogen-bond acceptors (Lipinski definition) is 3. The molecular formula is C13H19N3S. The molecule has 0 saturated heterocycles. The molecule has 2 aromatic heterocycles. The first kappa shape index (κ1) is 12.3. The van der Waals surface area contributed by atoms with Gasteiger partial charge in [-0.3, -0.25) is 0 Å². The van der Waals surface area contributed by atoms with Crippen molar-refractivity contribution in [1.82, 2.24) is 9.97 Å². The van der Waals surface area contributed by atoms with E-state index in [0.29, 0.717) is 11.8 Å². The van der Waals surface area contributed by atoms with Crippen LogP contribution in [0.5, 0.6) is 0 Å². The molecule has 0 amide bonds. The fraction of sp³-hybridized carbons (Fsp3) is 0.462. The molecule has 1 atom stereocenters. The Morgan fingerprint density at radius 2 is 2.29 bits per heavy atom. The summed E-state index contributed by atoms with van der Waals surface area (Å²) in [6, 6.07) is 4.03. The number of aromatic nitrogens is 2. The summed E-state index contributed by atoms with van der Waals surface area (Å²) in [5.41, 5.74) is 7.91. The van der Waals surface area contributed by atoms with Gasteiger partial charge < -0.3 is 10.7 Å². The minimum atomic E-state index is 0.526. The molecule has 0 saturated carbocycles. The summed E-state index contributed by atoms with van der Waals surface area (Å²) in [6.07, 6.45) is 2.91. The van der Waals surface area contributed by atoms with E-state index >= 15 is 0 Å². The predicted molar refractivity (Wildman–Crippen MR) is 73.0 cm³/mol. The molecule has 2 heterocycles. The van der Waals surface area contributed by atoms with Gasteiger partial charge in [-0.2, -0.15) is 0 Å². The number of nitrogens with two attached hydrogens (primary N) is 1. The maximum Gasteiger partial charge on any atom is 0.0976 e. The van der Waals surface area contributed by atoms with Gasteiger partial charge in [0.2, 0.25) is 0 Å². The van der Waals surface area contributed by atoms with Gasteiger partial charge in [0.15, 0.2) is 0 Å². The van der Waals surface area contributed by atoms with Gasteiger partial charge in [0.1, 0.15) is 0 Å². The lowest BCUT2D eigenvalue weighted by Gasteiger charge is -2.16. The molecule has 0 spiro atoms. The smallest absolute Gasteiger partial charge is 0.0976 e. The van der Waals surface area contributed by atoms with E-state index in [-0.39, 0.29) is 0 Å². The molecule has 2 rings (SSSR count). The van der Waals surface area contributed by atoms with Crippen molar-refractivity contribution in [3.8, 4) is 11.4 Å². The van der Waals surface area contributed by atoms with Crippen molar-refractivity contribution in [3.05, 3.63) is 28.7 Å². The second-order valence-electron chi connectivity index (χ2n) is 4.65. The number of hydrogen-bond donors (Lipinski definition) is 2. The summed E-state index contributed by atoms with van der Waals surface area (Å²) in [7, 11) is 0. The summed E-state index contributed by atoms with van der Waals surface area (Å²) in [5.74, 6) is 1.13. The molecule has 2 aromatic rings. The molecule has 0 radical (unpaired) electrons. The Morgan fingerprint density at radius 1 is 1.47 bits per heavy atom. The third-order valence-corrected chi connectivity index (χ3v) is 3.98. The van der Waals surface area contributed by atoms with Crippen molar-refractivity contribution in [1.29, 1.82) is 0 Å². The van der Waals surface area contributed by atoms with E-state index in [2.05, 4.69) is 29.2 Å². The van der Waals surface area contributed by atoms with Crippen LogP contribution in [0.3, 0.4) is 0 Å². The van der Waals surface area contributed by atoms with E-state index < -0.39 is 0 Å². The zero-order chi connectivity index (χ0) is 12.3. The number of nitrogens with zero attached hydrogens (tertiary/aromatic N) is 1. The molecular weight excluding hydrogens is 230 g/mol. The summed E-state index contributed by atoms with van der Waals surface area (Å²) in [6.45, 7) is 5.17. The van der Waals surface area contributed by atoms with Gasteiger partial charge >= 0.3 is 0 Å². The van der Waals surface area contributed by atoms with Crippen molar-refractivity contribution < 1.29 is 0 Å². The summed E-state index contributed by atoms with van der Waals surface area (Å²) in [5, 5.41) is 3.29. The van der Waals surface area contributed by atoms with E-state index in [9.17, 15) is 0 Å². The van der Waals surface area contributed by atoms with Crippen molar-refractivity contribution >= 4 is 11.3 Å². The van der Waals surface area contributed by atoms with Crippen LogP contribution >= 0.6 is 11.3 Å². The van der Waals surface area contributed by atoms with Gasteiger partial charge in [-0.25, -0.2) is 4.98 Å². The highest BCUT2D eigenvalue weighted by Crippen LogP contribution is 2.23. The van der Waals surface area contributed by atoms with Crippen molar-refractivity contribution in [2.75, 3.05) is 6.54 Å². The number of rotatable bonds is 5. The van der Waals surface area contributed by atoms with Crippen LogP contribution in [0.25, 0.3) is 11.4 Å². The fourth-order valence-electron chi connectivity index (χ4n) is 1.83. The lowest BCUT2D eigenvalue weighted by atomic mass is 9.93. The first-order valence-electron chi connectivity index (χ1n) is 5.99. The third-order valence-electron chi connectivity index (χ3n) is 3.11. The molecule has 0 aromatic carbocycles. The lowest BCUT2D eigenvalue weighted by Crippen LogP contribution is -2.22. The van der Waals surface area contributed by atoms with Crippen molar-refractivity contribution in [2.24, 2.45) is 17.6 Å². The van der Waals surface area contributed by atoms with E-state index in [4.69, 9.17) is 5.73 Å². The molecule has 1 unspecified atom stereocenters. The lowest BCUT2D eigenvalue weighted by molar-refractivity contribution is 0.391. The first-order valence-corrected chi connectivity index (χ1v) is 6.87. The minimum Gasteiger partial charge on any atom is -0.360 e. The minimum absolute atomic E-state index is 0.526. The Kier molecular flexibility index (Phi) is 3.97. The van der Waals surface area contributed by atoms with Crippen LogP contribution in [0.2, 0.25) is 0 Å². The van der Waals surface area contributed by atoms with E-state index in [1.54, 1.807) is 11.3 Å². The highest BCUT2D eigenvalue weighted by atomic mass is 32.1. The molecule has 3 nitrogen and oxygen atoms in total. The van der Waals surface area contributed by atoms with Gasteiger partial charge in [-0.1, -0.05) is 13.8 Å². The zero-order valence-electron chi connectivity index (χ0n) is 10.3. The second-order valence-corrected chi connectivity index (χ2v) is 5.60. The monoisotopic (exact) mass is 249 g/mol. The maximum atomic E-state index is 5.79. The molecule has 0 aliphatic carbocycles. The molecule has 0 fully saturated rings. The number of aromatic amines is 1. The van der Waals surface area contributed by atoms with Crippen LogP contribution < -0.4 is 5.73 Å². The second kappa shape index (κ2) is 5.47. The molecule has 0 aliphatic heterocycles. The average Bonchev–Trinajstić information content (AvgIpc) is 2.95. The SMILES string of the molecule is CC(C)C(CN)Cc1nc(-c2ccc[nH]2)cs1. The molecule has 4 heteroatoms. The van der Waals surface area contributed by atoms with E-state index in [1.807, 2.05) is 18.3 Å². The average molecular weight is 249 g/mol. The zero-order valence-corrected chi connectivity index (χ0v) is 11.1. The van der Waals surface area contributed by atoms with Gasteiger partial charge in [-0.15, -0.1) is 11.3 Å². The summed E-state index contributed by atoms with van der Waals surface area (Å²) < 4.78 is 0. The fourth-order valence-corrected chi connectivity index (χ4v) is 2.72. The Balaban J connectivity index is 2.08. The predicted octanol–water partition coefficient (Wildman–Crippen LogP) is 2.91. The number of nitrogens with one attached hydrogen (secondary N) is 1. The van der Waals surface area contributed by atoms with Crippen LogP contribution in [0.4, 0.5) is 0 Å². The van der Waals surface area contributed by atoms with Crippen LogP contribution in [-0.2, 0) is 6.42 Å². The molecule has 17 heavy (non-hydrogen) atoms. The highest BCUT2D eigenvalue weighted by Gasteiger charge is 2.14. The number of H-pyrrole nitrogens is 1. The van der Waals surface area contributed by atoms with Crippen LogP contribution in [0, 0.1) is 11.8 Å². The normalized spacial score (nSPS) is 13.2. The van der Waals surface area contributed by atoms with Gasteiger partial charge in [0, 0.05) is 18.0 Å². The van der Waals surface area contributed by atoms with Crippen LogP contribution in [-0.4, -0.2) is 16.5 Å². The largest absolute Gasteiger partial charge is 0.360 e. The van der Waals surface area contributed by atoms with Crippen molar-refractivity contribution in [3.63, 3.8) is 0 Å². The van der Waals surface area contributed by atoms with Gasteiger partial charge in [0.25, 0.3) is 0 Å². The Bertz CT molecular complexity index is 445. The summed E-state index contributed by atoms with van der Waals surface area (Å²) >= 11 is 1.72. The molecule has 3 N–H and O–H groups in total. The topological polar surface area (TPSA) is 54.7 Å². The molecule has 0 aliphatic rings. The Labute approximate surface area is 106 Å². The Morgan fingerprint density at radius 3 is 2.88 bits per heavy atom. The molecule has 92 valence electrons. The standard InChI is InChI=1S/C13H19N3S/c1-9(2)10(7-14)6-13-16-12(8-17-13)11-4-3-5-15-11/h3-5,8-10,15H,6-7,14H2,1-2H3. The highest BCUT2D eigenvalue weighted by molar-refractivity contribution is 7.09. The van der Waals surface area contributed by atoms with Crippen LogP contribution in [0.1, 0.15) is 18.9 Å². The number of thiazole rings is 1. The van der Waals surface area contributed by atoms with Crippen molar-refractivity contribution in [2.45, 2.75) is 20.3 Å². The van der Waals surface area contributed by atoms with E-state index in [1.165, 1.54) is 5.01 Å². The summed E-state index contributed by atoms with van der Waals surface area (Å²) in [4.78, 5) is 7.83. The maximum absolute atomic E-state index is 5.79. The van der Waals surface area contributed by atoms with Gasteiger partial charge in [0.05, 0.1) is 16.4 Å².